The molecule has 26 heavy (non-hydrogen) atoms. The van der Waals surface area contributed by atoms with Crippen LogP contribution in [0.5, 0.6) is 0 Å². The van der Waals surface area contributed by atoms with E-state index in [1.54, 1.807) is 6.20 Å². The lowest BCUT2D eigenvalue weighted by Gasteiger charge is -2.33. The lowest BCUT2D eigenvalue weighted by atomic mass is 9.97. The Labute approximate surface area is 156 Å². The van der Waals surface area contributed by atoms with Crippen LogP contribution in [0.3, 0.4) is 0 Å². The average molecular weight is 361 g/mol. The highest BCUT2D eigenvalue weighted by Crippen LogP contribution is 2.20. The number of nitrogens with zero attached hydrogens (tertiary/aromatic N) is 4. The maximum Gasteiger partial charge on any atom is 0.309 e. The van der Waals surface area contributed by atoms with Gasteiger partial charge in [-0.05, 0) is 32.8 Å². The molecule has 0 atom stereocenters. The number of hydrogen-bond donors (Lipinski definition) is 1. The van der Waals surface area contributed by atoms with Crippen LogP contribution in [0.4, 0.5) is 5.82 Å². The van der Waals surface area contributed by atoms with Crippen LogP contribution < -0.4 is 10.2 Å². The molecular formula is C19H31N5O2. The van der Waals surface area contributed by atoms with E-state index in [9.17, 15) is 4.79 Å². The van der Waals surface area contributed by atoms with E-state index in [1.165, 1.54) is 0 Å². The van der Waals surface area contributed by atoms with Crippen LogP contribution >= 0.6 is 0 Å². The van der Waals surface area contributed by atoms with E-state index in [0.29, 0.717) is 13.2 Å². The zero-order valence-corrected chi connectivity index (χ0v) is 16.4. The van der Waals surface area contributed by atoms with Crippen LogP contribution in [0, 0.1) is 5.92 Å². The molecule has 0 spiro atoms. The summed E-state index contributed by atoms with van der Waals surface area (Å²) < 4.78 is 5.15. The first kappa shape index (κ1) is 20.0. The molecule has 7 nitrogen and oxygen atoms in total. The SMILES string of the molecule is CCNC(=NCc1cccnc1N(C)C)N1CCC(C(=O)OCC)CC1. The van der Waals surface area contributed by atoms with E-state index >= 15 is 0 Å². The number of likely N-dealkylation sites (tertiary alicyclic amines) is 1. The van der Waals surface area contributed by atoms with E-state index in [4.69, 9.17) is 9.73 Å². The second-order valence-electron chi connectivity index (χ2n) is 6.56. The van der Waals surface area contributed by atoms with Gasteiger partial charge in [0.25, 0.3) is 0 Å². The zero-order chi connectivity index (χ0) is 18.9. The van der Waals surface area contributed by atoms with Gasteiger partial charge in [0.15, 0.2) is 5.96 Å². The summed E-state index contributed by atoms with van der Waals surface area (Å²) in [6.07, 6.45) is 3.41. The number of hydrogen-bond acceptors (Lipinski definition) is 5. The van der Waals surface area contributed by atoms with Crippen molar-refractivity contribution in [3.8, 4) is 0 Å². The molecular weight excluding hydrogens is 330 g/mol. The molecule has 7 heteroatoms. The molecule has 0 bridgehead atoms. The molecule has 0 aromatic carbocycles. The number of rotatable bonds is 6. The maximum atomic E-state index is 11.9. The molecule has 2 heterocycles. The lowest BCUT2D eigenvalue weighted by Crippen LogP contribution is -2.46. The van der Waals surface area contributed by atoms with Crippen molar-refractivity contribution in [2.24, 2.45) is 10.9 Å². The Kier molecular flexibility index (Phi) is 7.69. The molecule has 1 fully saturated rings. The van der Waals surface area contributed by atoms with Gasteiger partial charge >= 0.3 is 5.97 Å². The fraction of sp³-hybridized carbons (Fsp3) is 0.632. The summed E-state index contributed by atoms with van der Waals surface area (Å²) in [5, 5.41) is 3.37. The van der Waals surface area contributed by atoms with Crippen molar-refractivity contribution in [1.82, 2.24) is 15.2 Å². The number of esters is 1. The highest BCUT2D eigenvalue weighted by molar-refractivity contribution is 5.80. The molecule has 0 saturated carbocycles. The first-order chi connectivity index (χ1) is 12.6. The van der Waals surface area contributed by atoms with Crippen molar-refractivity contribution >= 4 is 17.7 Å². The molecule has 1 aromatic rings. The second kappa shape index (κ2) is 9.99. The predicted molar refractivity (Wildman–Crippen MR) is 104 cm³/mol. The standard InChI is InChI=1S/C19H31N5O2/c1-5-20-19(22-14-16-8-7-11-21-17(16)23(3)4)24-12-9-15(10-13-24)18(25)26-6-2/h7-8,11,15H,5-6,9-10,12-14H2,1-4H3,(H,20,22). The number of carbonyl (C=O) groups excluding carboxylic acids is 1. The number of pyridine rings is 1. The van der Waals surface area contributed by atoms with E-state index < -0.39 is 0 Å². The largest absolute Gasteiger partial charge is 0.466 e. The molecule has 0 amide bonds. The van der Waals surface area contributed by atoms with Gasteiger partial charge in [-0.1, -0.05) is 6.07 Å². The Morgan fingerprint density at radius 2 is 2.12 bits per heavy atom. The number of nitrogens with one attached hydrogen (secondary N) is 1. The van der Waals surface area contributed by atoms with Crippen molar-refractivity contribution in [3.05, 3.63) is 23.9 Å². The number of carbonyl (C=O) groups is 1. The summed E-state index contributed by atoms with van der Waals surface area (Å²) >= 11 is 0. The van der Waals surface area contributed by atoms with Gasteiger partial charge in [-0.2, -0.15) is 0 Å². The predicted octanol–water partition coefficient (Wildman–Crippen LogP) is 1.89. The highest BCUT2D eigenvalue weighted by Gasteiger charge is 2.27. The zero-order valence-electron chi connectivity index (χ0n) is 16.4. The topological polar surface area (TPSA) is 70.1 Å². The van der Waals surface area contributed by atoms with E-state index in [-0.39, 0.29) is 11.9 Å². The third-order valence-corrected chi connectivity index (χ3v) is 4.44. The average Bonchev–Trinajstić information content (AvgIpc) is 2.65. The summed E-state index contributed by atoms with van der Waals surface area (Å²) in [6, 6.07) is 4.00. The fourth-order valence-electron chi connectivity index (χ4n) is 3.13. The molecule has 2 rings (SSSR count). The van der Waals surface area contributed by atoms with Gasteiger partial charge in [0.1, 0.15) is 5.82 Å². The third-order valence-electron chi connectivity index (χ3n) is 4.44. The van der Waals surface area contributed by atoms with Crippen molar-refractivity contribution in [2.75, 3.05) is 45.2 Å². The Bertz CT molecular complexity index is 610. The molecule has 0 aliphatic carbocycles. The van der Waals surface area contributed by atoms with Crippen molar-refractivity contribution in [1.29, 1.82) is 0 Å². The van der Waals surface area contributed by atoms with Gasteiger partial charge < -0.3 is 19.9 Å². The molecule has 1 saturated heterocycles. The Balaban J connectivity index is 2.03. The monoisotopic (exact) mass is 361 g/mol. The minimum atomic E-state index is -0.0694. The first-order valence-corrected chi connectivity index (χ1v) is 9.37. The third kappa shape index (κ3) is 5.34. The number of guanidine groups is 1. The molecule has 1 aliphatic rings. The van der Waals surface area contributed by atoms with Crippen molar-refractivity contribution in [3.63, 3.8) is 0 Å². The minimum absolute atomic E-state index is 0.00717. The molecule has 1 aromatic heterocycles. The van der Waals surface area contributed by atoms with Crippen LogP contribution in [0.25, 0.3) is 0 Å². The van der Waals surface area contributed by atoms with E-state index in [1.807, 2.05) is 32.0 Å². The number of anilines is 1. The van der Waals surface area contributed by atoms with Gasteiger partial charge in [0.2, 0.25) is 0 Å². The molecule has 0 radical (unpaired) electrons. The van der Waals surface area contributed by atoms with Crippen molar-refractivity contribution < 1.29 is 9.53 Å². The Morgan fingerprint density at radius 3 is 2.73 bits per heavy atom. The van der Waals surface area contributed by atoms with Crippen LogP contribution in [0.2, 0.25) is 0 Å². The first-order valence-electron chi connectivity index (χ1n) is 9.37. The summed E-state index contributed by atoms with van der Waals surface area (Å²) in [6.45, 7) is 7.36. The smallest absolute Gasteiger partial charge is 0.309 e. The quantitative estimate of drug-likeness (QED) is 0.474. The summed E-state index contributed by atoms with van der Waals surface area (Å²) in [4.78, 5) is 25.4. The number of piperidine rings is 1. The van der Waals surface area contributed by atoms with Crippen LogP contribution in [0.15, 0.2) is 23.3 Å². The van der Waals surface area contributed by atoms with Gasteiger partial charge in [-0.3, -0.25) is 4.79 Å². The minimum Gasteiger partial charge on any atom is -0.466 e. The molecule has 1 aliphatic heterocycles. The number of aromatic nitrogens is 1. The summed E-state index contributed by atoms with van der Waals surface area (Å²) in [7, 11) is 3.97. The van der Waals surface area contributed by atoms with Crippen LogP contribution in [-0.4, -0.2) is 62.1 Å². The normalized spacial score (nSPS) is 15.7. The van der Waals surface area contributed by atoms with Gasteiger partial charge in [-0.25, -0.2) is 9.98 Å². The number of aliphatic imine (C=N–C) groups is 1. The van der Waals surface area contributed by atoms with E-state index in [0.717, 1.165) is 49.8 Å². The van der Waals surface area contributed by atoms with Gasteiger partial charge in [0, 0.05) is 45.5 Å². The van der Waals surface area contributed by atoms with Crippen LogP contribution in [0.1, 0.15) is 32.3 Å². The highest BCUT2D eigenvalue weighted by atomic mass is 16.5. The Morgan fingerprint density at radius 1 is 1.38 bits per heavy atom. The summed E-state index contributed by atoms with van der Waals surface area (Å²) in [5.74, 6) is 1.77. The molecule has 144 valence electrons. The van der Waals surface area contributed by atoms with E-state index in [2.05, 4.69) is 28.2 Å². The maximum absolute atomic E-state index is 11.9. The molecule has 1 N–H and O–H groups in total. The van der Waals surface area contributed by atoms with Gasteiger partial charge in [0.05, 0.1) is 19.1 Å². The van der Waals surface area contributed by atoms with Gasteiger partial charge in [-0.15, -0.1) is 0 Å². The molecule has 0 unspecified atom stereocenters. The fourth-order valence-corrected chi connectivity index (χ4v) is 3.13. The lowest BCUT2D eigenvalue weighted by molar-refractivity contribution is -0.149. The Hall–Kier alpha value is -2.31. The second-order valence-corrected chi connectivity index (χ2v) is 6.56. The number of ether oxygens (including phenoxy) is 1. The summed E-state index contributed by atoms with van der Waals surface area (Å²) in [5.41, 5.74) is 1.09. The van der Waals surface area contributed by atoms with Crippen LogP contribution in [-0.2, 0) is 16.1 Å². The van der Waals surface area contributed by atoms with Crippen molar-refractivity contribution in [2.45, 2.75) is 33.2 Å².